The molecule has 1 fully saturated rings. The van der Waals surface area contributed by atoms with Crippen molar-refractivity contribution in [2.24, 2.45) is 0 Å². The van der Waals surface area contributed by atoms with Crippen LogP contribution in [0.5, 0.6) is 0 Å². The lowest BCUT2D eigenvalue weighted by Gasteiger charge is -2.36. The van der Waals surface area contributed by atoms with Crippen LogP contribution in [0.15, 0.2) is 60.8 Å². The number of amides is 1. The predicted molar refractivity (Wildman–Crippen MR) is 103 cm³/mol. The molecule has 0 aliphatic carbocycles. The normalized spacial score (nSPS) is 14.4. The smallest absolute Gasteiger partial charge is 0.257 e. The number of halogens is 1. The molecule has 138 valence electrons. The van der Waals surface area contributed by atoms with Gasteiger partial charge >= 0.3 is 0 Å². The maximum Gasteiger partial charge on any atom is 0.257 e. The molecule has 0 bridgehead atoms. The summed E-state index contributed by atoms with van der Waals surface area (Å²) in [5, 5.41) is 4.24. The van der Waals surface area contributed by atoms with Gasteiger partial charge in [-0.1, -0.05) is 30.3 Å². The number of benzene rings is 2. The third-order valence-corrected chi connectivity index (χ3v) is 5.01. The first-order chi connectivity index (χ1) is 13.1. The number of anilines is 1. The van der Waals surface area contributed by atoms with Gasteiger partial charge in [-0.25, -0.2) is 9.07 Å². The molecule has 0 unspecified atom stereocenters. The zero-order valence-electron chi connectivity index (χ0n) is 15.2. The van der Waals surface area contributed by atoms with Gasteiger partial charge < -0.3 is 9.80 Å². The molecule has 3 aromatic rings. The van der Waals surface area contributed by atoms with Crippen molar-refractivity contribution in [1.29, 1.82) is 0 Å². The number of hydrogen-bond acceptors (Lipinski definition) is 3. The summed E-state index contributed by atoms with van der Waals surface area (Å²) in [4.78, 5) is 17.1. The molecule has 6 heteroatoms. The van der Waals surface area contributed by atoms with Crippen LogP contribution in [-0.4, -0.2) is 46.8 Å². The van der Waals surface area contributed by atoms with E-state index in [1.54, 1.807) is 25.1 Å². The van der Waals surface area contributed by atoms with Gasteiger partial charge in [0.2, 0.25) is 0 Å². The van der Waals surface area contributed by atoms with E-state index in [4.69, 9.17) is 0 Å². The van der Waals surface area contributed by atoms with Crippen molar-refractivity contribution in [3.05, 3.63) is 77.9 Å². The third kappa shape index (κ3) is 3.30. The molecule has 5 nitrogen and oxygen atoms in total. The Labute approximate surface area is 157 Å². The van der Waals surface area contributed by atoms with Crippen molar-refractivity contribution < 1.29 is 9.18 Å². The van der Waals surface area contributed by atoms with E-state index in [1.807, 2.05) is 23.1 Å². The maximum atomic E-state index is 14.1. The zero-order valence-corrected chi connectivity index (χ0v) is 15.2. The summed E-state index contributed by atoms with van der Waals surface area (Å²) in [7, 11) is 0. The van der Waals surface area contributed by atoms with Crippen LogP contribution in [0.4, 0.5) is 10.1 Å². The van der Waals surface area contributed by atoms with Gasteiger partial charge in [0.05, 0.1) is 17.5 Å². The lowest BCUT2D eigenvalue weighted by atomic mass is 10.2. The highest BCUT2D eigenvalue weighted by molar-refractivity contribution is 5.95. The summed E-state index contributed by atoms with van der Waals surface area (Å²) < 4.78 is 15.6. The van der Waals surface area contributed by atoms with Gasteiger partial charge in [-0.15, -0.1) is 0 Å². The second-order valence-corrected chi connectivity index (χ2v) is 6.62. The fourth-order valence-electron chi connectivity index (χ4n) is 3.46. The molecule has 0 saturated carbocycles. The molecule has 2 aromatic carbocycles. The largest absolute Gasteiger partial charge is 0.368 e. The molecule has 0 radical (unpaired) electrons. The second kappa shape index (κ2) is 7.23. The highest BCUT2D eigenvalue weighted by atomic mass is 19.1. The number of piperazine rings is 1. The fraction of sp³-hybridized carbons (Fsp3) is 0.238. The van der Waals surface area contributed by atoms with Crippen molar-refractivity contribution in [2.75, 3.05) is 31.1 Å². The quantitative estimate of drug-likeness (QED) is 0.716. The molecular weight excluding hydrogens is 343 g/mol. The van der Waals surface area contributed by atoms with Gasteiger partial charge in [-0.05, 0) is 31.2 Å². The molecular formula is C21H21FN4O. The number of carbonyl (C=O) groups is 1. The van der Waals surface area contributed by atoms with Gasteiger partial charge in [0.15, 0.2) is 0 Å². The van der Waals surface area contributed by atoms with E-state index in [2.05, 4.69) is 22.1 Å². The Balaban J connectivity index is 1.49. The molecule has 2 heterocycles. The van der Waals surface area contributed by atoms with Crippen LogP contribution in [-0.2, 0) is 0 Å². The van der Waals surface area contributed by atoms with Gasteiger partial charge in [-0.2, -0.15) is 5.10 Å². The SMILES string of the molecule is Cc1c(C(=O)N2CCN(c3ccccc3)CC2)cnn1-c1ccccc1F. The molecule has 1 amide bonds. The molecule has 1 aliphatic rings. The summed E-state index contributed by atoms with van der Waals surface area (Å²) in [6.07, 6.45) is 1.54. The number of rotatable bonds is 3. The minimum atomic E-state index is -0.362. The van der Waals surface area contributed by atoms with Gasteiger partial charge in [0.25, 0.3) is 5.91 Å². The fourth-order valence-corrected chi connectivity index (χ4v) is 3.46. The molecule has 1 aliphatic heterocycles. The van der Waals surface area contributed by atoms with Crippen LogP contribution in [0.2, 0.25) is 0 Å². The van der Waals surface area contributed by atoms with E-state index in [0.29, 0.717) is 30.0 Å². The van der Waals surface area contributed by atoms with Gasteiger partial charge in [0, 0.05) is 31.9 Å². The molecule has 0 atom stereocenters. The Morgan fingerprint density at radius 1 is 0.963 bits per heavy atom. The van der Waals surface area contributed by atoms with Crippen LogP contribution in [0, 0.1) is 12.7 Å². The first kappa shape index (κ1) is 17.3. The minimum absolute atomic E-state index is 0.0530. The van der Waals surface area contributed by atoms with Crippen LogP contribution in [0.25, 0.3) is 5.69 Å². The molecule has 0 spiro atoms. The summed E-state index contributed by atoms with van der Waals surface area (Å²) in [5.74, 6) is -0.415. The first-order valence-corrected chi connectivity index (χ1v) is 9.04. The average Bonchev–Trinajstić information content (AvgIpc) is 3.10. The molecule has 1 saturated heterocycles. The Kier molecular flexibility index (Phi) is 4.62. The third-order valence-electron chi connectivity index (χ3n) is 5.01. The summed E-state index contributed by atoms with van der Waals surface area (Å²) >= 11 is 0. The summed E-state index contributed by atoms with van der Waals surface area (Å²) in [6, 6.07) is 16.6. The van der Waals surface area contributed by atoms with E-state index < -0.39 is 0 Å². The van der Waals surface area contributed by atoms with E-state index in [9.17, 15) is 9.18 Å². The van der Waals surface area contributed by atoms with Crippen LogP contribution < -0.4 is 4.90 Å². The maximum absolute atomic E-state index is 14.1. The summed E-state index contributed by atoms with van der Waals surface area (Å²) in [6.45, 7) is 4.68. The van der Waals surface area contributed by atoms with E-state index in [-0.39, 0.29) is 11.7 Å². The Hall–Kier alpha value is -3.15. The number of hydrogen-bond donors (Lipinski definition) is 0. The van der Waals surface area contributed by atoms with Crippen LogP contribution in [0.3, 0.4) is 0 Å². The Morgan fingerprint density at radius 2 is 1.63 bits per heavy atom. The lowest BCUT2D eigenvalue weighted by Crippen LogP contribution is -2.48. The topological polar surface area (TPSA) is 41.4 Å². The molecule has 0 N–H and O–H groups in total. The Bertz CT molecular complexity index is 946. The highest BCUT2D eigenvalue weighted by Crippen LogP contribution is 2.20. The summed E-state index contributed by atoms with van der Waals surface area (Å²) in [5.41, 5.74) is 2.69. The van der Waals surface area contributed by atoms with Crippen molar-refractivity contribution in [1.82, 2.24) is 14.7 Å². The molecule has 27 heavy (non-hydrogen) atoms. The standard InChI is InChI=1S/C21H21FN4O/c1-16-18(15-23-26(16)20-10-6-5-9-19(20)22)21(27)25-13-11-24(12-14-25)17-7-3-2-4-8-17/h2-10,15H,11-14H2,1H3. The van der Waals surface area contributed by atoms with Crippen molar-refractivity contribution >= 4 is 11.6 Å². The monoisotopic (exact) mass is 364 g/mol. The zero-order chi connectivity index (χ0) is 18.8. The second-order valence-electron chi connectivity index (χ2n) is 6.62. The van der Waals surface area contributed by atoms with Crippen LogP contribution >= 0.6 is 0 Å². The number of nitrogens with zero attached hydrogens (tertiary/aromatic N) is 4. The van der Waals surface area contributed by atoms with E-state index in [0.717, 1.165) is 13.1 Å². The van der Waals surface area contributed by atoms with Crippen molar-refractivity contribution in [3.63, 3.8) is 0 Å². The van der Waals surface area contributed by atoms with Crippen molar-refractivity contribution in [3.8, 4) is 5.69 Å². The minimum Gasteiger partial charge on any atom is -0.368 e. The van der Waals surface area contributed by atoms with Gasteiger partial charge in [-0.3, -0.25) is 4.79 Å². The van der Waals surface area contributed by atoms with Crippen molar-refractivity contribution in [2.45, 2.75) is 6.92 Å². The number of para-hydroxylation sites is 2. The Morgan fingerprint density at radius 3 is 2.33 bits per heavy atom. The molecule has 1 aromatic heterocycles. The molecule has 4 rings (SSSR count). The predicted octanol–water partition coefficient (Wildman–Crippen LogP) is 3.28. The van der Waals surface area contributed by atoms with E-state index in [1.165, 1.54) is 22.6 Å². The average molecular weight is 364 g/mol. The lowest BCUT2D eigenvalue weighted by molar-refractivity contribution is 0.0746. The van der Waals surface area contributed by atoms with Crippen LogP contribution in [0.1, 0.15) is 16.1 Å². The highest BCUT2D eigenvalue weighted by Gasteiger charge is 2.25. The first-order valence-electron chi connectivity index (χ1n) is 9.04. The number of aromatic nitrogens is 2. The number of carbonyl (C=O) groups excluding carboxylic acids is 1. The van der Waals surface area contributed by atoms with E-state index >= 15 is 0 Å². The van der Waals surface area contributed by atoms with Gasteiger partial charge in [0.1, 0.15) is 11.5 Å².